The molecule has 3 atom stereocenters. The van der Waals surface area contributed by atoms with Gasteiger partial charge in [0.25, 0.3) is 0 Å². The number of aliphatic carboxylic acids is 1. The molecule has 0 radical (unpaired) electrons. The summed E-state index contributed by atoms with van der Waals surface area (Å²) in [6.07, 6.45) is 2.27. The minimum Gasteiger partial charge on any atom is -0.481 e. The highest BCUT2D eigenvalue weighted by molar-refractivity contribution is 5.77. The number of hydrogen-bond donors (Lipinski definition) is 3. The zero-order valence-corrected chi connectivity index (χ0v) is 11.4. The first-order valence-corrected chi connectivity index (χ1v) is 6.69. The number of urea groups is 1. The van der Waals surface area contributed by atoms with Gasteiger partial charge in [0, 0.05) is 12.6 Å². The number of hydrogen-bond acceptors (Lipinski definition) is 2. The molecule has 0 bridgehead atoms. The Balaban J connectivity index is 2.34. The molecule has 1 rings (SSSR count). The maximum atomic E-state index is 11.7. The number of carbonyl (C=O) groups excluding carboxylic acids is 1. The molecule has 0 aromatic rings. The van der Waals surface area contributed by atoms with Crippen molar-refractivity contribution in [3.05, 3.63) is 0 Å². The molecule has 1 fully saturated rings. The third-order valence-corrected chi connectivity index (χ3v) is 3.87. The van der Waals surface area contributed by atoms with Crippen molar-refractivity contribution in [1.82, 2.24) is 10.6 Å². The van der Waals surface area contributed by atoms with E-state index in [1.807, 2.05) is 0 Å². The molecule has 0 saturated heterocycles. The molecule has 1 aliphatic rings. The lowest BCUT2D eigenvalue weighted by Crippen LogP contribution is -2.46. The summed E-state index contributed by atoms with van der Waals surface area (Å²) in [6, 6.07) is -0.475. The van der Waals surface area contributed by atoms with Gasteiger partial charge in [-0.1, -0.05) is 27.2 Å². The fraction of sp³-hybridized carbons (Fsp3) is 0.846. The Morgan fingerprint density at radius 1 is 1.28 bits per heavy atom. The van der Waals surface area contributed by atoms with E-state index in [0.717, 1.165) is 12.8 Å². The van der Waals surface area contributed by atoms with E-state index in [1.165, 1.54) is 0 Å². The van der Waals surface area contributed by atoms with Gasteiger partial charge in [-0.3, -0.25) is 4.79 Å². The third-order valence-electron chi connectivity index (χ3n) is 3.87. The van der Waals surface area contributed by atoms with E-state index in [4.69, 9.17) is 5.11 Å². The molecule has 0 aliphatic heterocycles. The van der Waals surface area contributed by atoms with Crippen molar-refractivity contribution in [2.75, 3.05) is 6.54 Å². The molecule has 18 heavy (non-hydrogen) atoms. The summed E-state index contributed by atoms with van der Waals surface area (Å²) in [5.74, 6) is -0.315. The van der Waals surface area contributed by atoms with Crippen molar-refractivity contribution in [1.29, 1.82) is 0 Å². The molecular weight excluding hydrogens is 232 g/mol. The van der Waals surface area contributed by atoms with Crippen LogP contribution in [-0.4, -0.2) is 29.7 Å². The van der Waals surface area contributed by atoms with Crippen molar-refractivity contribution in [2.45, 2.75) is 46.1 Å². The van der Waals surface area contributed by atoms with Gasteiger partial charge >= 0.3 is 12.0 Å². The smallest absolute Gasteiger partial charge is 0.315 e. The van der Waals surface area contributed by atoms with E-state index in [1.54, 1.807) is 0 Å². The molecule has 1 aliphatic carbocycles. The number of carboxylic acids is 1. The Hall–Kier alpha value is -1.26. The molecule has 0 aromatic heterocycles. The molecule has 104 valence electrons. The molecule has 3 unspecified atom stereocenters. The first kappa shape index (κ1) is 14.8. The summed E-state index contributed by atoms with van der Waals surface area (Å²) in [4.78, 5) is 22.7. The van der Waals surface area contributed by atoms with Crippen LogP contribution in [0.15, 0.2) is 0 Å². The van der Waals surface area contributed by atoms with Crippen LogP contribution in [0.25, 0.3) is 0 Å². The average molecular weight is 256 g/mol. The number of carboxylic acid groups (broad SMARTS) is 1. The van der Waals surface area contributed by atoms with Crippen LogP contribution in [0.5, 0.6) is 0 Å². The molecule has 5 heteroatoms. The van der Waals surface area contributed by atoms with Crippen molar-refractivity contribution in [3.8, 4) is 0 Å². The highest BCUT2D eigenvalue weighted by atomic mass is 16.4. The predicted octanol–water partition coefficient (Wildman–Crippen LogP) is 1.83. The number of amides is 2. The van der Waals surface area contributed by atoms with Crippen LogP contribution in [0.3, 0.4) is 0 Å². The topological polar surface area (TPSA) is 78.4 Å². The van der Waals surface area contributed by atoms with Crippen LogP contribution in [-0.2, 0) is 4.79 Å². The molecule has 3 N–H and O–H groups in total. The van der Waals surface area contributed by atoms with Gasteiger partial charge in [0.1, 0.15) is 0 Å². The fourth-order valence-corrected chi connectivity index (χ4v) is 2.14. The van der Waals surface area contributed by atoms with E-state index in [9.17, 15) is 9.59 Å². The molecule has 2 amide bonds. The number of nitrogens with one attached hydrogen (secondary N) is 2. The Labute approximate surface area is 108 Å². The quantitative estimate of drug-likeness (QED) is 0.702. The second kappa shape index (κ2) is 6.61. The van der Waals surface area contributed by atoms with Crippen LogP contribution in [0.1, 0.15) is 40.0 Å². The van der Waals surface area contributed by atoms with Gasteiger partial charge in [0.05, 0.1) is 5.92 Å². The average Bonchev–Trinajstić information content (AvgIpc) is 2.73. The Bertz CT molecular complexity index is 305. The van der Waals surface area contributed by atoms with E-state index >= 15 is 0 Å². The zero-order valence-electron chi connectivity index (χ0n) is 11.4. The fourth-order valence-electron chi connectivity index (χ4n) is 2.14. The second-order valence-electron chi connectivity index (χ2n) is 5.56. The standard InChI is InChI=1S/C13H24N2O3/c1-8(2)9(3)7-14-13(18)15-11-6-4-5-10(11)12(16)17/h8-11H,4-7H2,1-3H3,(H,16,17)(H2,14,15,18). The summed E-state index contributed by atoms with van der Waals surface area (Å²) in [7, 11) is 0. The molecule has 1 saturated carbocycles. The lowest BCUT2D eigenvalue weighted by atomic mass is 9.98. The highest BCUT2D eigenvalue weighted by Crippen LogP contribution is 2.25. The minimum atomic E-state index is -0.812. The molecular formula is C13H24N2O3. The Morgan fingerprint density at radius 2 is 1.94 bits per heavy atom. The third kappa shape index (κ3) is 4.20. The van der Waals surface area contributed by atoms with Gasteiger partial charge in [-0.25, -0.2) is 4.79 Å². The lowest BCUT2D eigenvalue weighted by molar-refractivity contribution is -0.142. The van der Waals surface area contributed by atoms with Gasteiger partial charge < -0.3 is 15.7 Å². The molecule has 0 spiro atoms. The van der Waals surface area contributed by atoms with Crippen LogP contribution >= 0.6 is 0 Å². The van der Waals surface area contributed by atoms with Gasteiger partial charge in [0.15, 0.2) is 0 Å². The van der Waals surface area contributed by atoms with E-state index < -0.39 is 11.9 Å². The molecule has 0 aromatic carbocycles. The summed E-state index contributed by atoms with van der Waals surface area (Å²) < 4.78 is 0. The van der Waals surface area contributed by atoms with E-state index in [2.05, 4.69) is 31.4 Å². The molecule has 5 nitrogen and oxygen atoms in total. The van der Waals surface area contributed by atoms with E-state index in [0.29, 0.717) is 24.8 Å². The van der Waals surface area contributed by atoms with Gasteiger partial charge in [-0.05, 0) is 24.7 Å². The number of carbonyl (C=O) groups is 2. The van der Waals surface area contributed by atoms with E-state index in [-0.39, 0.29) is 12.1 Å². The SMILES string of the molecule is CC(C)C(C)CNC(=O)NC1CCCC1C(=O)O. The van der Waals surface area contributed by atoms with Crippen molar-refractivity contribution in [3.63, 3.8) is 0 Å². The first-order valence-electron chi connectivity index (χ1n) is 6.69. The molecule has 0 heterocycles. The normalized spacial score (nSPS) is 24.9. The van der Waals surface area contributed by atoms with Crippen molar-refractivity contribution in [2.24, 2.45) is 17.8 Å². The van der Waals surface area contributed by atoms with Crippen molar-refractivity contribution < 1.29 is 14.7 Å². The zero-order chi connectivity index (χ0) is 13.7. The van der Waals surface area contributed by atoms with Crippen LogP contribution < -0.4 is 10.6 Å². The van der Waals surface area contributed by atoms with Crippen LogP contribution in [0, 0.1) is 17.8 Å². The Morgan fingerprint density at radius 3 is 2.50 bits per heavy atom. The first-order chi connectivity index (χ1) is 8.41. The van der Waals surface area contributed by atoms with Gasteiger partial charge in [0.2, 0.25) is 0 Å². The summed E-state index contributed by atoms with van der Waals surface area (Å²) in [5, 5.41) is 14.6. The van der Waals surface area contributed by atoms with Crippen molar-refractivity contribution >= 4 is 12.0 Å². The summed E-state index contributed by atoms with van der Waals surface area (Å²) in [5.41, 5.74) is 0. The van der Waals surface area contributed by atoms with Crippen LogP contribution in [0.2, 0.25) is 0 Å². The number of rotatable bonds is 5. The van der Waals surface area contributed by atoms with Gasteiger partial charge in [-0.2, -0.15) is 0 Å². The Kier molecular flexibility index (Phi) is 5.44. The lowest BCUT2D eigenvalue weighted by Gasteiger charge is -2.20. The second-order valence-corrected chi connectivity index (χ2v) is 5.56. The largest absolute Gasteiger partial charge is 0.481 e. The monoisotopic (exact) mass is 256 g/mol. The summed E-state index contributed by atoms with van der Waals surface area (Å²) >= 11 is 0. The van der Waals surface area contributed by atoms with Gasteiger partial charge in [-0.15, -0.1) is 0 Å². The maximum Gasteiger partial charge on any atom is 0.315 e. The summed E-state index contributed by atoms with van der Waals surface area (Å²) in [6.45, 7) is 6.93. The van der Waals surface area contributed by atoms with Crippen LogP contribution in [0.4, 0.5) is 4.79 Å². The highest BCUT2D eigenvalue weighted by Gasteiger charge is 2.33. The predicted molar refractivity (Wildman–Crippen MR) is 69.3 cm³/mol. The maximum absolute atomic E-state index is 11.7. The minimum absolute atomic E-state index is 0.225.